The Kier molecular flexibility index (Phi) is 16.9. The third-order valence-electron chi connectivity index (χ3n) is 28.4. The molecule has 0 spiro atoms. The molecule has 0 unspecified atom stereocenters. The smallest absolute Gasteiger partial charge is 0.159 e. The second-order valence-corrected chi connectivity index (χ2v) is 40.4. The molecular formula is C126H69N3O8S4. The van der Waals surface area contributed by atoms with Gasteiger partial charge in [0.25, 0.3) is 0 Å². The summed E-state index contributed by atoms with van der Waals surface area (Å²) in [4.78, 5) is 7.08. The van der Waals surface area contributed by atoms with Crippen LogP contribution in [0.3, 0.4) is 0 Å². The SMILES string of the molecule is c1ccc2c(c1)oc1c(N(c3cccc4c3oc3ccccc34)c3cccc4sc5ccc6c7ccccc7oc6c5c34)cccc12.c1ccc2c(c1)oc1c(N(c3cccc4c3sc3ccccc34)c3cccc4sc5ccc6c7ccccc7oc6c5c34)cccc12.c1ccc2c(c1)oc1cc(N(c3ccc4c(c3)oc3ccccc34)c3cccc4sc5ccc6c7ccccc7oc6c5c34)ccc12. The molecule has 0 N–H and O–H groups in total. The van der Waals surface area contributed by atoms with E-state index >= 15 is 0 Å². The van der Waals surface area contributed by atoms with Gasteiger partial charge in [0.2, 0.25) is 0 Å². The van der Waals surface area contributed by atoms with Crippen molar-refractivity contribution in [2.45, 2.75) is 0 Å². The molecule has 0 saturated heterocycles. The zero-order chi connectivity index (χ0) is 91.9. The Morgan fingerprint density at radius 3 is 0.730 bits per heavy atom. The Balaban J connectivity index is 0.0000000972. The maximum Gasteiger partial charge on any atom is 0.159 e. The van der Waals surface area contributed by atoms with Crippen molar-refractivity contribution in [2.24, 2.45) is 0 Å². The minimum atomic E-state index is 0.826. The number of thiophene rings is 4. The van der Waals surface area contributed by atoms with E-state index in [0.717, 1.165) is 254 Å². The Morgan fingerprint density at radius 2 is 0.369 bits per heavy atom. The lowest BCUT2D eigenvalue weighted by Crippen LogP contribution is -2.11. The summed E-state index contributed by atoms with van der Waals surface area (Å²) in [6.07, 6.45) is 0. The molecule has 21 aromatic carbocycles. The van der Waals surface area contributed by atoms with Crippen LogP contribution in [-0.4, -0.2) is 0 Å². The molecule has 0 radical (unpaired) electrons. The second kappa shape index (κ2) is 30.4. The van der Waals surface area contributed by atoms with Crippen molar-refractivity contribution < 1.29 is 35.3 Å². The fourth-order valence-corrected chi connectivity index (χ4v) is 26.9. The number of benzene rings is 21. The van der Waals surface area contributed by atoms with Crippen LogP contribution >= 0.6 is 45.3 Å². The van der Waals surface area contributed by atoms with Gasteiger partial charge in [0, 0.05) is 186 Å². The van der Waals surface area contributed by atoms with Gasteiger partial charge in [0.1, 0.15) is 72.6 Å². The van der Waals surface area contributed by atoms with Gasteiger partial charge in [-0.3, -0.25) is 0 Å². The normalized spacial score (nSPS) is 12.3. The van der Waals surface area contributed by atoms with Crippen molar-refractivity contribution in [1.29, 1.82) is 0 Å². The number of hydrogen-bond donors (Lipinski definition) is 0. The van der Waals surface area contributed by atoms with Gasteiger partial charge < -0.3 is 50.0 Å². The van der Waals surface area contributed by atoms with Crippen LogP contribution in [0.5, 0.6) is 0 Å². The van der Waals surface area contributed by atoms with Gasteiger partial charge in [0.05, 0.1) is 44.5 Å². The lowest BCUT2D eigenvalue weighted by atomic mass is 10.0. The molecule has 33 aromatic rings. The summed E-state index contributed by atoms with van der Waals surface area (Å²) in [5.74, 6) is 0. The molecule has 0 fully saturated rings. The highest BCUT2D eigenvalue weighted by Crippen LogP contribution is 2.58. The first-order chi connectivity index (χ1) is 69.9. The summed E-state index contributed by atoms with van der Waals surface area (Å²) in [5.41, 5.74) is 23.2. The number of hydrogen-bond acceptors (Lipinski definition) is 15. The van der Waals surface area contributed by atoms with Crippen molar-refractivity contribution >= 4 is 353 Å². The summed E-state index contributed by atoms with van der Waals surface area (Å²) < 4.78 is 62.5. The third kappa shape index (κ3) is 11.7. The van der Waals surface area contributed by atoms with Crippen molar-refractivity contribution in [3.05, 3.63) is 419 Å². The van der Waals surface area contributed by atoms with Crippen molar-refractivity contribution in [3.8, 4) is 0 Å². The maximum absolute atomic E-state index is 6.72. The molecule has 0 saturated carbocycles. The first kappa shape index (κ1) is 78.5. The van der Waals surface area contributed by atoms with E-state index in [0.29, 0.717) is 0 Å². The summed E-state index contributed by atoms with van der Waals surface area (Å²) >= 11 is 7.25. The number of fused-ring (bicyclic) bond motifs is 39. The number of para-hydroxylation sites is 11. The highest BCUT2D eigenvalue weighted by molar-refractivity contribution is 7.27. The molecule has 0 amide bonds. The quantitative estimate of drug-likeness (QED) is 0.138. The predicted octanol–water partition coefficient (Wildman–Crippen LogP) is 40.1. The molecule has 12 heterocycles. The number of rotatable bonds is 9. The van der Waals surface area contributed by atoms with E-state index in [4.69, 9.17) is 35.3 Å². The van der Waals surface area contributed by atoms with Gasteiger partial charge in [-0.1, -0.05) is 231 Å². The zero-order valence-electron chi connectivity index (χ0n) is 74.6. The van der Waals surface area contributed by atoms with Gasteiger partial charge in [-0.15, -0.1) is 45.3 Å². The van der Waals surface area contributed by atoms with Gasteiger partial charge >= 0.3 is 0 Å². The molecule has 0 aliphatic rings. The van der Waals surface area contributed by atoms with Crippen LogP contribution in [0.4, 0.5) is 51.2 Å². The average Bonchev–Trinajstić information content (AvgIpc) is 1.56. The minimum Gasteiger partial charge on any atom is -0.456 e. The number of nitrogens with zero attached hydrogens (tertiary/aromatic N) is 3. The standard InChI is InChI=1S/2C42H23NO3S.C42H23NO2S2/c1-4-18-33-24(10-1)27-13-7-16-31(40(27)44-33)43(32-17-8-14-28-25-11-2-5-19-34(25)45-41(28)32)30-15-9-21-36-38(30)39-37(47-36)23-22-29-26-12-3-6-20-35(26)46-42(29)39;1-4-12-33-26(8-1)29-18-16-24(22-36(29)44-33)43(25-17-19-30-27-9-2-5-13-34(27)45-37(30)23-25)32-11-7-15-38-40(32)41-39(47-38)21-20-31-28-10-3-6-14-35(28)46-42(31)41;1-4-18-33-24(10-1)27-13-7-16-31(40(27)44-33)43(32-17-8-14-29-26-12-3-6-20-35(26)47-42(29)32)30-15-9-21-36-38(30)39-37(46-36)23-22-28-25-11-2-5-19-34(25)45-41(28)39/h3*1-23H. The molecule has 12 aromatic heterocycles. The fourth-order valence-electron chi connectivity index (χ4n) is 22.3. The zero-order valence-corrected chi connectivity index (χ0v) is 77.8. The molecule has 0 atom stereocenters. The number of furan rings is 8. The first-order valence-electron chi connectivity index (χ1n) is 47.0. The summed E-state index contributed by atoms with van der Waals surface area (Å²) in [6, 6.07) is 147. The van der Waals surface area contributed by atoms with Crippen molar-refractivity contribution in [2.75, 3.05) is 14.7 Å². The fraction of sp³-hybridized carbons (Fsp3) is 0. The largest absolute Gasteiger partial charge is 0.456 e. The Labute approximate surface area is 814 Å². The molecule has 0 bridgehead atoms. The molecule has 15 heteroatoms. The summed E-state index contributed by atoms with van der Waals surface area (Å²) in [6.45, 7) is 0. The molecular weight excluding hydrogens is 1810 g/mol. The minimum absolute atomic E-state index is 0.826. The molecule has 141 heavy (non-hydrogen) atoms. The van der Waals surface area contributed by atoms with Gasteiger partial charge in [-0.25, -0.2) is 0 Å². The van der Waals surface area contributed by atoms with Gasteiger partial charge in [-0.2, -0.15) is 0 Å². The molecule has 660 valence electrons. The highest BCUT2D eigenvalue weighted by atomic mass is 32.1. The van der Waals surface area contributed by atoms with Crippen LogP contribution in [-0.2, 0) is 0 Å². The lowest BCUT2D eigenvalue weighted by Gasteiger charge is -2.27. The van der Waals surface area contributed by atoms with Crippen LogP contribution in [0.2, 0.25) is 0 Å². The summed E-state index contributed by atoms with van der Waals surface area (Å²) in [5, 5.41) is 27.2. The van der Waals surface area contributed by atoms with E-state index in [1.54, 1.807) is 22.7 Å². The Morgan fingerprint density at radius 1 is 0.135 bits per heavy atom. The molecule has 11 nitrogen and oxygen atoms in total. The van der Waals surface area contributed by atoms with E-state index < -0.39 is 0 Å². The molecule has 0 aliphatic carbocycles. The van der Waals surface area contributed by atoms with Gasteiger partial charge in [0.15, 0.2) is 16.7 Å². The lowest BCUT2D eigenvalue weighted by molar-refractivity contribution is 0.666. The Hall–Kier alpha value is -17.7. The summed E-state index contributed by atoms with van der Waals surface area (Å²) in [7, 11) is 0. The van der Waals surface area contributed by atoms with E-state index in [2.05, 4.69) is 348 Å². The van der Waals surface area contributed by atoms with E-state index in [-0.39, 0.29) is 0 Å². The van der Waals surface area contributed by atoms with E-state index in [1.807, 2.05) is 108 Å². The molecule has 0 aliphatic heterocycles. The van der Waals surface area contributed by atoms with Crippen LogP contribution in [0.25, 0.3) is 256 Å². The van der Waals surface area contributed by atoms with E-state index in [1.165, 1.54) is 53.8 Å². The highest BCUT2D eigenvalue weighted by Gasteiger charge is 2.32. The number of anilines is 9. The second-order valence-electron chi connectivity index (χ2n) is 36.1. The van der Waals surface area contributed by atoms with Crippen LogP contribution in [0.1, 0.15) is 0 Å². The maximum atomic E-state index is 6.72. The van der Waals surface area contributed by atoms with Crippen LogP contribution in [0, 0.1) is 0 Å². The predicted molar refractivity (Wildman–Crippen MR) is 593 cm³/mol. The average molecular weight is 1880 g/mol. The Bertz CT molecular complexity index is 10400. The van der Waals surface area contributed by atoms with E-state index in [9.17, 15) is 0 Å². The topological polar surface area (TPSA) is 115 Å². The van der Waals surface area contributed by atoms with Crippen molar-refractivity contribution in [3.63, 3.8) is 0 Å². The van der Waals surface area contributed by atoms with Crippen LogP contribution in [0.15, 0.2) is 454 Å². The monoisotopic (exact) mass is 1880 g/mol. The van der Waals surface area contributed by atoms with Gasteiger partial charge in [-0.05, 0) is 176 Å². The first-order valence-corrected chi connectivity index (χ1v) is 50.3. The third-order valence-corrected chi connectivity index (χ3v) is 33.0. The van der Waals surface area contributed by atoms with Crippen molar-refractivity contribution in [1.82, 2.24) is 0 Å². The molecule has 33 rings (SSSR count). The van der Waals surface area contributed by atoms with Crippen LogP contribution < -0.4 is 14.7 Å².